The normalized spacial score (nSPS) is 23.9. The maximum absolute atomic E-state index is 13.0. The van der Waals surface area contributed by atoms with Crippen LogP contribution in [-0.2, 0) is 16.6 Å². The SMILES string of the molecule is Fc1ccc(CCNCC[C@]2(c3ccccn3)CCOC3(CCCC3)C2)cc1. The number of nitrogens with one attached hydrogen (secondary N) is 1. The quantitative estimate of drug-likeness (QED) is 0.698. The smallest absolute Gasteiger partial charge is 0.123 e. The van der Waals surface area contributed by atoms with E-state index in [0.29, 0.717) is 0 Å². The Morgan fingerprint density at radius 2 is 1.82 bits per heavy atom. The molecule has 150 valence electrons. The Morgan fingerprint density at radius 3 is 2.57 bits per heavy atom. The molecular formula is C24H31FN2O. The van der Waals surface area contributed by atoms with Crippen molar-refractivity contribution in [2.75, 3.05) is 19.7 Å². The molecule has 1 saturated carbocycles. The van der Waals surface area contributed by atoms with Crippen LogP contribution in [0, 0.1) is 5.82 Å². The fraction of sp³-hybridized carbons (Fsp3) is 0.542. The number of aromatic nitrogens is 1. The predicted octanol–water partition coefficient (Wildman–Crippen LogP) is 4.80. The molecule has 1 aliphatic carbocycles. The van der Waals surface area contributed by atoms with Gasteiger partial charge in [-0.3, -0.25) is 4.98 Å². The van der Waals surface area contributed by atoms with Crippen molar-refractivity contribution in [3.63, 3.8) is 0 Å². The number of pyridine rings is 1. The first-order valence-corrected chi connectivity index (χ1v) is 10.7. The van der Waals surface area contributed by atoms with Crippen molar-refractivity contribution in [3.8, 4) is 0 Å². The Bertz CT molecular complexity index is 743. The lowest BCUT2D eigenvalue weighted by Crippen LogP contribution is -2.47. The molecule has 1 saturated heterocycles. The third-order valence-electron chi connectivity index (χ3n) is 6.66. The maximum atomic E-state index is 13.0. The summed E-state index contributed by atoms with van der Waals surface area (Å²) in [5.74, 6) is -0.172. The summed E-state index contributed by atoms with van der Waals surface area (Å²) in [6, 6.07) is 13.1. The van der Waals surface area contributed by atoms with Crippen LogP contribution in [0.5, 0.6) is 0 Å². The Morgan fingerprint density at radius 1 is 1.00 bits per heavy atom. The highest BCUT2D eigenvalue weighted by Crippen LogP contribution is 2.49. The van der Waals surface area contributed by atoms with E-state index in [1.807, 2.05) is 24.4 Å². The van der Waals surface area contributed by atoms with Crippen LogP contribution < -0.4 is 5.32 Å². The molecule has 2 fully saturated rings. The minimum atomic E-state index is -0.172. The Balaban J connectivity index is 1.38. The van der Waals surface area contributed by atoms with Gasteiger partial charge in [0.15, 0.2) is 0 Å². The topological polar surface area (TPSA) is 34.2 Å². The number of hydrogen-bond acceptors (Lipinski definition) is 3. The van der Waals surface area contributed by atoms with Crippen LogP contribution in [0.2, 0.25) is 0 Å². The van der Waals surface area contributed by atoms with Gasteiger partial charge in [-0.15, -0.1) is 0 Å². The zero-order chi connectivity index (χ0) is 19.3. The number of ether oxygens (including phenoxy) is 1. The number of rotatable bonds is 7. The van der Waals surface area contributed by atoms with Crippen molar-refractivity contribution < 1.29 is 9.13 Å². The van der Waals surface area contributed by atoms with E-state index in [2.05, 4.69) is 17.4 Å². The first-order valence-electron chi connectivity index (χ1n) is 10.7. The predicted molar refractivity (Wildman–Crippen MR) is 110 cm³/mol. The average molecular weight is 383 g/mol. The van der Waals surface area contributed by atoms with Crippen LogP contribution in [-0.4, -0.2) is 30.3 Å². The molecule has 4 rings (SSSR count). The van der Waals surface area contributed by atoms with Gasteiger partial charge in [0.1, 0.15) is 5.82 Å². The standard InChI is InChI=1S/C24H31FN2O/c25-21-8-6-20(7-9-21)10-16-26-17-13-23(22-5-1-4-15-27-22)14-18-28-24(19-23)11-2-3-12-24/h1,4-9,15,26H,2-3,10-14,16-19H2/t23-/m0/s1. The van der Waals surface area contributed by atoms with Gasteiger partial charge in [0.2, 0.25) is 0 Å². The van der Waals surface area contributed by atoms with Gasteiger partial charge in [-0.05, 0) is 81.4 Å². The van der Waals surface area contributed by atoms with Gasteiger partial charge in [0.25, 0.3) is 0 Å². The molecule has 28 heavy (non-hydrogen) atoms. The summed E-state index contributed by atoms with van der Waals surface area (Å²) in [7, 11) is 0. The zero-order valence-electron chi connectivity index (χ0n) is 16.6. The molecule has 1 aromatic carbocycles. The molecule has 1 aromatic heterocycles. The van der Waals surface area contributed by atoms with Crippen LogP contribution in [0.15, 0.2) is 48.7 Å². The van der Waals surface area contributed by atoms with Gasteiger partial charge in [-0.2, -0.15) is 0 Å². The molecule has 1 aliphatic heterocycles. The minimum Gasteiger partial charge on any atom is -0.375 e. The molecule has 0 amide bonds. The molecule has 2 aromatic rings. The maximum Gasteiger partial charge on any atom is 0.123 e. The van der Waals surface area contributed by atoms with E-state index in [-0.39, 0.29) is 16.8 Å². The molecule has 3 nitrogen and oxygen atoms in total. The monoisotopic (exact) mass is 382 g/mol. The second kappa shape index (κ2) is 8.71. The third kappa shape index (κ3) is 4.44. The second-order valence-electron chi connectivity index (χ2n) is 8.54. The molecule has 0 unspecified atom stereocenters. The molecule has 2 heterocycles. The Kier molecular flexibility index (Phi) is 6.07. The number of halogens is 1. The van der Waals surface area contributed by atoms with E-state index < -0.39 is 0 Å². The fourth-order valence-electron chi connectivity index (χ4n) is 5.13. The first kappa shape index (κ1) is 19.5. The number of nitrogens with zero attached hydrogens (tertiary/aromatic N) is 1. The van der Waals surface area contributed by atoms with Gasteiger partial charge < -0.3 is 10.1 Å². The fourth-order valence-corrected chi connectivity index (χ4v) is 5.13. The molecule has 1 spiro atoms. The molecule has 2 aliphatic rings. The van der Waals surface area contributed by atoms with Gasteiger partial charge >= 0.3 is 0 Å². The highest BCUT2D eigenvalue weighted by Gasteiger charge is 2.48. The highest BCUT2D eigenvalue weighted by atomic mass is 19.1. The largest absolute Gasteiger partial charge is 0.375 e. The average Bonchev–Trinajstić information content (AvgIpc) is 3.17. The third-order valence-corrected chi connectivity index (χ3v) is 6.66. The van der Waals surface area contributed by atoms with Crippen LogP contribution in [0.1, 0.15) is 56.2 Å². The van der Waals surface area contributed by atoms with E-state index in [1.165, 1.54) is 49.1 Å². The molecule has 0 bridgehead atoms. The second-order valence-corrected chi connectivity index (χ2v) is 8.54. The molecule has 4 heteroatoms. The van der Waals surface area contributed by atoms with Crippen LogP contribution in [0.25, 0.3) is 0 Å². The summed E-state index contributed by atoms with van der Waals surface area (Å²) in [5.41, 5.74) is 2.57. The van der Waals surface area contributed by atoms with Crippen LogP contribution in [0.4, 0.5) is 4.39 Å². The lowest BCUT2D eigenvalue weighted by Gasteiger charge is -2.46. The van der Waals surface area contributed by atoms with E-state index >= 15 is 0 Å². The lowest BCUT2D eigenvalue weighted by atomic mass is 9.68. The summed E-state index contributed by atoms with van der Waals surface area (Å²) in [4.78, 5) is 4.77. The zero-order valence-corrected chi connectivity index (χ0v) is 16.6. The van der Waals surface area contributed by atoms with Gasteiger partial charge in [-0.25, -0.2) is 4.39 Å². The summed E-state index contributed by atoms with van der Waals surface area (Å²) in [5, 5.41) is 3.61. The van der Waals surface area contributed by atoms with Crippen molar-refractivity contribution in [1.82, 2.24) is 10.3 Å². The van der Waals surface area contributed by atoms with Crippen LogP contribution in [0.3, 0.4) is 0 Å². The van der Waals surface area contributed by atoms with E-state index in [9.17, 15) is 4.39 Å². The van der Waals surface area contributed by atoms with E-state index in [1.54, 1.807) is 0 Å². The molecule has 1 N–H and O–H groups in total. The summed E-state index contributed by atoms with van der Waals surface area (Å²) >= 11 is 0. The number of benzene rings is 1. The van der Waals surface area contributed by atoms with Gasteiger partial charge in [-0.1, -0.05) is 31.0 Å². The van der Waals surface area contributed by atoms with E-state index in [0.717, 1.165) is 45.4 Å². The van der Waals surface area contributed by atoms with Crippen molar-refractivity contribution in [1.29, 1.82) is 0 Å². The van der Waals surface area contributed by atoms with Crippen molar-refractivity contribution in [2.45, 2.75) is 62.4 Å². The summed E-state index contributed by atoms with van der Waals surface area (Å²) < 4.78 is 19.4. The summed E-state index contributed by atoms with van der Waals surface area (Å²) in [6.45, 7) is 2.71. The number of hydrogen-bond donors (Lipinski definition) is 1. The molecule has 1 atom stereocenters. The van der Waals surface area contributed by atoms with Gasteiger partial charge in [0, 0.05) is 23.9 Å². The first-order chi connectivity index (χ1) is 13.7. The van der Waals surface area contributed by atoms with E-state index in [4.69, 9.17) is 9.72 Å². The highest BCUT2D eigenvalue weighted by molar-refractivity contribution is 5.21. The Hall–Kier alpha value is -1.78. The van der Waals surface area contributed by atoms with Crippen LogP contribution >= 0.6 is 0 Å². The minimum absolute atomic E-state index is 0.0733. The van der Waals surface area contributed by atoms with Crippen molar-refractivity contribution in [2.24, 2.45) is 0 Å². The van der Waals surface area contributed by atoms with Crippen molar-refractivity contribution in [3.05, 3.63) is 65.7 Å². The molecular weight excluding hydrogens is 351 g/mol. The Labute approximate surface area is 167 Å². The molecule has 0 radical (unpaired) electrons. The van der Waals surface area contributed by atoms with Gasteiger partial charge in [0.05, 0.1) is 5.60 Å². The lowest BCUT2D eigenvalue weighted by molar-refractivity contribution is -0.104. The summed E-state index contributed by atoms with van der Waals surface area (Å²) in [6.07, 6.45) is 11.0. The van der Waals surface area contributed by atoms with Crippen molar-refractivity contribution >= 4 is 0 Å².